The monoisotopic (exact) mass is 224 g/mol. The molecule has 0 heterocycles. The minimum atomic E-state index is -4.41. The first-order chi connectivity index (χ1) is 6.79. The van der Waals surface area contributed by atoms with Crippen molar-refractivity contribution in [2.45, 2.75) is 13.0 Å². The minimum absolute atomic E-state index is 0.0277. The molecule has 0 amide bonds. The molecule has 1 N–H and O–H groups in total. The van der Waals surface area contributed by atoms with Crippen LogP contribution < -0.4 is 4.74 Å². The Bertz CT molecular complexity index is 385. The first-order valence-corrected chi connectivity index (χ1v) is 3.92. The van der Waals surface area contributed by atoms with Crippen LogP contribution in [-0.4, -0.2) is 12.2 Å². The van der Waals surface area contributed by atoms with Gasteiger partial charge in [-0.25, -0.2) is 4.39 Å². The predicted molar refractivity (Wildman–Crippen MR) is 43.8 cm³/mol. The Morgan fingerprint density at radius 1 is 1.27 bits per heavy atom. The van der Waals surface area contributed by atoms with Crippen molar-refractivity contribution in [3.05, 3.63) is 28.8 Å². The van der Waals surface area contributed by atoms with E-state index >= 15 is 0 Å². The van der Waals surface area contributed by atoms with Crippen LogP contribution in [0.5, 0.6) is 5.75 Å². The van der Waals surface area contributed by atoms with Crippen molar-refractivity contribution < 1.29 is 27.4 Å². The van der Waals surface area contributed by atoms with Gasteiger partial charge in [0.15, 0.2) is 11.6 Å². The molecule has 0 aliphatic heterocycles. The van der Waals surface area contributed by atoms with E-state index in [1.165, 1.54) is 6.92 Å². The van der Waals surface area contributed by atoms with Crippen LogP contribution in [-0.2, 0) is 6.11 Å². The second-order valence-electron chi connectivity index (χ2n) is 2.94. The van der Waals surface area contributed by atoms with Crippen molar-refractivity contribution in [3.8, 4) is 5.75 Å². The zero-order valence-electron chi connectivity index (χ0n) is 7.94. The first-order valence-electron chi connectivity index (χ1n) is 3.92. The summed E-state index contributed by atoms with van der Waals surface area (Å²) in [5, 5.41) is 8.30. The van der Waals surface area contributed by atoms with Crippen LogP contribution in [0.4, 0.5) is 17.6 Å². The molecule has 15 heavy (non-hydrogen) atoms. The highest BCUT2D eigenvalue weighted by Crippen LogP contribution is 2.34. The van der Waals surface area contributed by atoms with E-state index in [1.54, 1.807) is 0 Å². The van der Waals surface area contributed by atoms with Crippen LogP contribution in [0.15, 0.2) is 6.07 Å². The maximum atomic E-state index is 13.1. The molecule has 0 radical (unpaired) electrons. The third-order valence-corrected chi connectivity index (χ3v) is 1.88. The van der Waals surface area contributed by atoms with Gasteiger partial charge in [-0.1, -0.05) is 0 Å². The SMILES string of the molecule is COc1c(C)cc(C(O)(F)F)c(F)c1F. The highest BCUT2D eigenvalue weighted by molar-refractivity contribution is 5.39. The lowest BCUT2D eigenvalue weighted by atomic mass is 10.1. The molecule has 1 aromatic carbocycles. The predicted octanol–water partition coefficient (Wildman–Crippen LogP) is 2.32. The summed E-state index contributed by atoms with van der Waals surface area (Å²) < 4.78 is 55.5. The lowest BCUT2D eigenvalue weighted by Crippen LogP contribution is -2.16. The molecule has 0 fully saturated rings. The standard InChI is InChI=1S/C9H8F4O2/c1-4-3-5(9(12,13)14)6(10)7(11)8(4)15-2/h3,14H,1-2H3. The quantitative estimate of drug-likeness (QED) is 0.781. The number of halogens is 4. The van der Waals surface area contributed by atoms with Gasteiger partial charge >= 0.3 is 6.11 Å². The smallest absolute Gasteiger partial charge is 0.383 e. The summed E-state index contributed by atoms with van der Waals surface area (Å²) in [5.74, 6) is -3.81. The van der Waals surface area contributed by atoms with Crippen molar-refractivity contribution in [1.82, 2.24) is 0 Å². The largest absolute Gasteiger partial charge is 0.493 e. The van der Waals surface area contributed by atoms with Gasteiger partial charge in [-0.2, -0.15) is 13.2 Å². The number of ether oxygens (including phenoxy) is 1. The molecule has 0 aliphatic carbocycles. The number of hydrogen-bond donors (Lipinski definition) is 1. The third-order valence-electron chi connectivity index (χ3n) is 1.88. The number of alkyl halides is 2. The fourth-order valence-corrected chi connectivity index (χ4v) is 1.21. The van der Waals surface area contributed by atoms with Gasteiger partial charge in [-0.15, -0.1) is 0 Å². The maximum absolute atomic E-state index is 13.1. The van der Waals surface area contributed by atoms with E-state index in [1.807, 2.05) is 0 Å². The van der Waals surface area contributed by atoms with E-state index in [2.05, 4.69) is 4.74 Å². The van der Waals surface area contributed by atoms with Gasteiger partial charge < -0.3 is 9.84 Å². The number of benzene rings is 1. The molecule has 0 atom stereocenters. The van der Waals surface area contributed by atoms with Gasteiger partial charge in [0.05, 0.1) is 12.7 Å². The summed E-state index contributed by atoms with van der Waals surface area (Å²) in [4.78, 5) is 0. The third kappa shape index (κ3) is 2.04. The van der Waals surface area contributed by atoms with Crippen LogP contribution in [0.25, 0.3) is 0 Å². The minimum Gasteiger partial charge on any atom is -0.493 e. The molecule has 0 saturated carbocycles. The van der Waals surface area contributed by atoms with E-state index in [0.29, 0.717) is 6.07 Å². The van der Waals surface area contributed by atoms with E-state index in [9.17, 15) is 17.6 Å². The number of hydrogen-bond acceptors (Lipinski definition) is 2. The first kappa shape index (κ1) is 11.8. The Kier molecular flexibility index (Phi) is 2.90. The molecule has 0 spiro atoms. The molecule has 1 aromatic rings. The zero-order chi connectivity index (χ0) is 11.8. The molecule has 1 rings (SSSR count). The Hall–Kier alpha value is -1.30. The molecule has 0 saturated heterocycles. The average molecular weight is 224 g/mol. The normalized spacial score (nSPS) is 11.7. The van der Waals surface area contributed by atoms with Crippen LogP contribution in [0.2, 0.25) is 0 Å². The van der Waals surface area contributed by atoms with Crippen LogP contribution in [0.3, 0.4) is 0 Å². The molecule has 0 aromatic heterocycles. The van der Waals surface area contributed by atoms with E-state index in [4.69, 9.17) is 5.11 Å². The second-order valence-corrected chi connectivity index (χ2v) is 2.94. The number of methoxy groups -OCH3 is 1. The van der Waals surface area contributed by atoms with Gasteiger partial charge in [0.1, 0.15) is 0 Å². The highest BCUT2D eigenvalue weighted by Gasteiger charge is 2.34. The molecular weight excluding hydrogens is 216 g/mol. The second kappa shape index (κ2) is 3.69. The van der Waals surface area contributed by atoms with Crippen molar-refractivity contribution in [2.75, 3.05) is 7.11 Å². The Balaban J connectivity index is 3.48. The highest BCUT2D eigenvalue weighted by atomic mass is 19.3. The Labute approximate surface area is 83.1 Å². The van der Waals surface area contributed by atoms with Gasteiger partial charge in [0, 0.05) is 0 Å². The number of aliphatic hydroxyl groups is 1. The van der Waals surface area contributed by atoms with Gasteiger partial charge in [0.2, 0.25) is 5.82 Å². The topological polar surface area (TPSA) is 29.5 Å². The van der Waals surface area contributed by atoms with E-state index in [-0.39, 0.29) is 5.56 Å². The fraction of sp³-hybridized carbons (Fsp3) is 0.333. The zero-order valence-corrected chi connectivity index (χ0v) is 7.94. The average Bonchev–Trinajstić information content (AvgIpc) is 2.10. The van der Waals surface area contributed by atoms with Crippen molar-refractivity contribution in [3.63, 3.8) is 0 Å². The molecule has 0 bridgehead atoms. The van der Waals surface area contributed by atoms with Crippen LogP contribution in [0.1, 0.15) is 11.1 Å². The van der Waals surface area contributed by atoms with Crippen LogP contribution >= 0.6 is 0 Å². The summed E-state index contributed by atoms with van der Waals surface area (Å²) >= 11 is 0. The summed E-state index contributed by atoms with van der Waals surface area (Å²) in [5.41, 5.74) is -1.43. The van der Waals surface area contributed by atoms with E-state index < -0.39 is 29.1 Å². The maximum Gasteiger partial charge on any atom is 0.383 e. The fourth-order valence-electron chi connectivity index (χ4n) is 1.21. The van der Waals surface area contributed by atoms with E-state index in [0.717, 1.165) is 7.11 Å². The molecule has 0 unspecified atom stereocenters. The van der Waals surface area contributed by atoms with Crippen molar-refractivity contribution in [1.29, 1.82) is 0 Å². The molecule has 6 heteroatoms. The summed E-state index contributed by atoms with van der Waals surface area (Å²) in [6, 6.07) is 0.636. The van der Waals surface area contributed by atoms with Gasteiger partial charge in [-0.3, -0.25) is 0 Å². The summed E-state index contributed by atoms with van der Waals surface area (Å²) in [6.45, 7) is 1.26. The molecule has 0 aliphatic rings. The lowest BCUT2D eigenvalue weighted by Gasteiger charge is -2.14. The molecule has 2 nitrogen and oxygen atoms in total. The number of aryl methyl sites for hydroxylation is 1. The number of rotatable bonds is 2. The molecular formula is C9H8F4O2. The summed E-state index contributed by atoms with van der Waals surface area (Å²) in [6.07, 6.45) is -4.41. The van der Waals surface area contributed by atoms with Crippen molar-refractivity contribution >= 4 is 0 Å². The molecule has 84 valence electrons. The Morgan fingerprint density at radius 2 is 1.80 bits per heavy atom. The summed E-state index contributed by atoms with van der Waals surface area (Å²) in [7, 11) is 1.08. The lowest BCUT2D eigenvalue weighted by molar-refractivity contribution is -0.211. The van der Waals surface area contributed by atoms with Gasteiger partial charge in [-0.05, 0) is 18.6 Å². The van der Waals surface area contributed by atoms with Gasteiger partial charge in [0.25, 0.3) is 0 Å². The Morgan fingerprint density at radius 3 is 2.20 bits per heavy atom. The van der Waals surface area contributed by atoms with Crippen molar-refractivity contribution in [2.24, 2.45) is 0 Å². The van der Waals surface area contributed by atoms with Crippen LogP contribution in [0, 0.1) is 18.6 Å².